The van der Waals surface area contributed by atoms with Crippen LogP contribution in [0.25, 0.3) is 0 Å². The molecular weight excluding hydrogens is 624 g/mol. The Balaban J connectivity index is 1.42. The highest BCUT2D eigenvalue weighted by molar-refractivity contribution is 4.70. The summed E-state index contributed by atoms with van der Waals surface area (Å²) in [5, 5.41) is 20.9. The van der Waals surface area contributed by atoms with Crippen molar-refractivity contribution in [3.63, 3.8) is 0 Å². The third-order valence-electron chi connectivity index (χ3n) is 9.86. The van der Waals surface area contributed by atoms with Gasteiger partial charge in [0.25, 0.3) is 0 Å². The zero-order valence-corrected chi connectivity index (χ0v) is 32.7. The number of aliphatic hydroxyl groups excluding tert-OH is 2. The number of aliphatic hydroxyl groups is 2. The quantitative estimate of drug-likeness (QED) is 0.0545. The fraction of sp³-hybridized carbons (Fsp3) is 0.857. The molecule has 2 unspecified atom stereocenters. The molecule has 0 aliphatic rings. The summed E-state index contributed by atoms with van der Waals surface area (Å²) in [6, 6.07) is 0. The van der Waals surface area contributed by atoms with Crippen LogP contribution in [0.3, 0.4) is 0 Å². The molecule has 8 nitrogen and oxygen atoms in total. The molecule has 50 heavy (non-hydrogen) atoms. The van der Waals surface area contributed by atoms with Crippen molar-refractivity contribution in [1.29, 1.82) is 0 Å². The Labute approximate surface area is 307 Å². The number of rotatable bonds is 37. The first kappa shape index (κ1) is 44.4. The number of aryl methyl sites for hydroxylation is 2. The second kappa shape index (κ2) is 32.0. The van der Waals surface area contributed by atoms with E-state index in [0.29, 0.717) is 26.3 Å². The van der Waals surface area contributed by atoms with E-state index < -0.39 is 12.2 Å². The molecule has 2 N–H and O–H groups in total. The third kappa shape index (κ3) is 25.3. The fourth-order valence-corrected chi connectivity index (χ4v) is 6.71. The molecule has 0 amide bonds. The second-order valence-corrected chi connectivity index (χ2v) is 14.9. The molecule has 2 atom stereocenters. The number of hydrogen-bond donors (Lipinski definition) is 2. The van der Waals surface area contributed by atoms with Gasteiger partial charge in [-0.3, -0.25) is 0 Å². The molecule has 0 aliphatic carbocycles. The Morgan fingerprint density at radius 1 is 0.460 bits per heavy atom. The Morgan fingerprint density at radius 2 is 0.760 bits per heavy atom. The molecule has 2 heterocycles. The minimum atomic E-state index is -0.503. The minimum Gasteiger partial charge on any atom is -0.387 e. The van der Waals surface area contributed by atoms with Crippen molar-refractivity contribution in [2.45, 2.75) is 206 Å². The van der Waals surface area contributed by atoms with Gasteiger partial charge < -0.3 is 19.7 Å². The lowest BCUT2D eigenvalue weighted by Crippen LogP contribution is -2.40. The van der Waals surface area contributed by atoms with E-state index in [1.807, 2.05) is 34.2 Å². The molecule has 0 radical (unpaired) electrons. The van der Waals surface area contributed by atoms with E-state index >= 15 is 0 Å². The van der Waals surface area contributed by atoms with E-state index in [2.05, 4.69) is 35.4 Å². The summed E-state index contributed by atoms with van der Waals surface area (Å²) < 4.78 is 19.9. The van der Waals surface area contributed by atoms with E-state index in [1.165, 1.54) is 141 Å². The van der Waals surface area contributed by atoms with E-state index in [1.54, 1.807) is 0 Å². The molecule has 0 aliphatic heterocycles. The van der Waals surface area contributed by atoms with Crippen LogP contribution in [0.5, 0.6) is 0 Å². The molecule has 290 valence electrons. The number of ether oxygens (including phenoxy) is 2. The molecule has 2 aromatic heterocycles. The molecular formula is C42H80N4O4+2. The molecule has 0 fully saturated rings. The van der Waals surface area contributed by atoms with Crippen LogP contribution in [-0.2, 0) is 35.7 Å². The van der Waals surface area contributed by atoms with Gasteiger partial charge in [0.1, 0.15) is 63.2 Å². The van der Waals surface area contributed by atoms with Gasteiger partial charge in [-0.25, -0.2) is 18.3 Å². The highest BCUT2D eigenvalue weighted by Gasteiger charge is 2.14. The lowest BCUT2D eigenvalue weighted by molar-refractivity contribution is -0.703. The summed E-state index contributed by atoms with van der Waals surface area (Å²) in [5.41, 5.74) is 0. The van der Waals surface area contributed by atoms with Crippen LogP contribution >= 0.6 is 0 Å². The molecule has 0 aromatic carbocycles. The molecule has 0 saturated heterocycles. The van der Waals surface area contributed by atoms with Crippen molar-refractivity contribution in [3.8, 4) is 0 Å². The van der Waals surface area contributed by atoms with Crippen LogP contribution in [0.15, 0.2) is 37.4 Å². The van der Waals surface area contributed by atoms with Crippen molar-refractivity contribution < 1.29 is 28.8 Å². The average molecular weight is 705 g/mol. The Kier molecular flexibility index (Phi) is 28.4. The average Bonchev–Trinajstić information content (AvgIpc) is 3.76. The molecule has 0 spiro atoms. The van der Waals surface area contributed by atoms with Gasteiger partial charge in [0.15, 0.2) is 0 Å². The van der Waals surface area contributed by atoms with Gasteiger partial charge in [-0.05, 0) is 12.8 Å². The second-order valence-electron chi connectivity index (χ2n) is 14.9. The summed E-state index contributed by atoms with van der Waals surface area (Å²) in [4.78, 5) is 0. The lowest BCUT2D eigenvalue weighted by atomic mass is 10.1. The lowest BCUT2D eigenvalue weighted by Gasteiger charge is -2.09. The van der Waals surface area contributed by atoms with E-state index in [0.717, 1.165) is 39.1 Å². The maximum atomic E-state index is 10.5. The van der Waals surface area contributed by atoms with Crippen LogP contribution in [0, 0.1) is 0 Å². The van der Waals surface area contributed by atoms with Gasteiger partial charge in [0.05, 0.1) is 13.2 Å². The van der Waals surface area contributed by atoms with E-state index in [4.69, 9.17) is 9.47 Å². The van der Waals surface area contributed by atoms with Gasteiger partial charge in [-0.15, -0.1) is 0 Å². The van der Waals surface area contributed by atoms with Gasteiger partial charge in [-0.2, -0.15) is 0 Å². The first-order chi connectivity index (χ1) is 24.6. The van der Waals surface area contributed by atoms with E-state index in [9.17, 15) is 10.2 Å². The van der Waals surface area contributed by atoms with Gasteiger partial charge >= 0.3 is 0 Å². The van der Waals surface area contributed by atoms with Crippen molar-refractivity contribution in [3.05, 3.63) is 37.4 Å². The zero-order valence-electron chi connectivity index (χ0n) is 32.7. The van der Waals surface area contributed by atoms with Crippen LogP contribution in [0.2, 0.25) is 0 Å². The summed E-state index contributed by atoms with van der Waals surface area (Å²) in [6.07, 6.45) is 43.4. The number of hydrogen-bond acceptors (Lipinski definition) is 4. The number of unbranched alkanes of at least 4 members (excludes halogenated alkanes) is 22. The van der Waals surface area contributed by atoms with Crippen molar-refractivity contribution in [1.82, 2.24) is 9.13 Å². The molecule has 2 rings (SSSR count). The van der Waals surface area contributed by atoms with Crippen molar-refractivity contribution in [2.75, 3.05) is 26.4 Å². The normalized spacial score (nSPS) is 13.0. The molecule has 8 heteroatoms. The van der Waals surface area contributed by atoms with Crippen LogP contribution in [-0.4, -0.2) is 58.0 Å². The first-order valence-electron chi connectivity index (χ1n) is 21.2. The third-order valence-corrected chi connectivity index (χ3v) is 9.86. The topological polar surface area (TPSA) is 76.5 Å². The predicted molar refractivity (Wildman–Crippen MR) is 205 cm³/mol. The largest absolute Gasteiger partial charge is 0.387 e. The maximum Gasteiger partial charge on any atom is 0.243 e. The van der Waals surface area contributed by atoms with Crippen molar-refractivity contribution in [2.24, 2.45) is 0 Å². The molecule has 0 bridgehead atoms. The smallest absolute Gasteiger partial charge is 0.243 e. The Bertz CT molecular complexity index is 918. The fourth-order valence-electron chi connectivity index (χ4n) is 6.71. The monoisotopic (exact) mass is 705 g/mol. The SMILES string of the molecule is CCCCCCCCCCCCCCOCC(O)C[n+]1ccn(CCn2cc[n+](CC(O)COCCCCCCCCCCCCCC)c2)c1. The Hall–Kier alpha value is -1.74. The van der Waals surface area contributed by atoms with Gasteiger partial charge in [0.2, 0.25) is 12.7 Å². The number of nitrogens with zero attached hydrogens (tertiary/aromatic N) is 4. The number of aromatic nitrogens is 4. The van der Waals surface area contributed by atoms with Gasteiger partial charge in [0, 0.05) is 13.2 Å². The standard InChI is InChI=1S/C42H80N4O4/c1-3-5-7-9-11-13-15-17-19-21-23-25-33-49-37-41(47)35-45-31-29-43(39-45)27-28-44-30-32-46(40-44)36-42(48)38-50-34-26-24-22-20-18-16-14-12-10-8-6-4-2/h29-32,39-42,47-48H,3-28,33-38H2,1-2H3/q+2. The number of imidazole rings is 2. The van der Waals surface area contributed by atoms with Crippen LogP contribution < -0.4 is 9.13 Å². The minimum absolute atomic E-state index is 0.385. The van der Waals surface area contributed by atoms with Crippen LogP contribution in [0.1, 0.15) is 168 Å². The van der Waals surface area contributed by atoms with Crippen molar-refractivity contribution >= 4 is 0 Å². The summed E-state index contributed by atoms with van der Waals surface area (Å²) >= 11 is 0. The predicted octanol–water partition coefficient (Wildman–Crippen LogP) is 8.72. The summed E-state index contributed by atoms with van der Waals surface area (Å²) in [5.74, 6) is 0. The highest BCUT2D eigenvalue weighted by atomic mass is 16.5. The highest BCUT2D eigenvalue weighted by Crippen LogP contribution is 2.13. The molecule has 2 aromatic rings. The van der Waals surface area contributed by atoms with E-state index in [-0.39, 0.29) is 0 Å². The van der Waals surface area contributed by atoms with Crippen LogP contribution in [0.4, 0.5) is 0 Å². The maximum absolute atomic E-state index is 10.5. The molecule has 0 saturated carbocycles. The zero-order chi connectivity index (χ0) is 35.7. The summed E-state index contributed by atoms with van der Waals surface area (Å²) in [7, 11) is 0. The Morgan fingerprint density at radius 3 is 1.08 bits per heavy atom. The summed E-state index contributed by atoms with van der Waals surface area (Å²) in [6.45, 7) is 9.53. The van der Waals surface area contributed by atoms with Gasteiger partial charge in [-0.1, -0.05) is 155 Å². The first-order valence-corrected chi connectivity index (χ1v) is 21.2.